The van der Waals surface area contributed by atoms with Crippen molar-refractivity contribution in [1.82, 2.24) is 4.90 Å². The topological polar surface area (TPSA) is 27.0 Å². The van der Waals surface area contributed by atoms with Crippen LogP contribution in [0, 0.1) is 17.2 Å². The van der Waals surface area contributed by atoms with E-state index >= 15 is 0 Å². The number of hydrogen-bond acceptors (Lipinski definition) is 2. The molecule has 1 atom stereocenters. The van der Waals surface area contributed by atoms with Crippen LogP contribution in [0.1, 0.15) is 57.1 Å². The van der Waals surface area contributed by atoms with Crippen molar-refractivity contribution in [1.29, 1.82) is 5.26 Å². The normalized spacial score (nSPS) is 16.4. The predicted octanol–water partition coefficient (Wildman–Crippen LogP) is 7.46. The van der Waals surface area contributed by atoms with Gasteiger partial charge in [-0.2, -0.15) is 5.26 Å². The zero-order chi connectivity index (χ0) is 20.9. The van der Waals surface area contributed by atoms with Crippen LogP contribution < -0.4 is 0 Å². The molecule has 154 valence electrons. The molecule has 3 rings (SSSR count). The Morgan fingerprint density at radius 3 is 2.24 bits per heavy atom. The summed E-state index contributed by atoms with van der Waals surface area (Å²) in [5, 5.41) is 10.4. The van der Waals surface area contributed by atoms with Gasteiger partial charge in [-0.1, -0.05) is 74.7 Å². The van der Waals surface area contributed by atoms with Crippen molar-refractivity contribution in [2.45, 2.75) is 64.0 Å². The average Bonchev–Trinajstić information content (AvgIpc) is 2.66. The first kappa shape index (κ1) is 22.5. The maximum Gasteiger partial charge on any atom is 0.0872 e. The fraction of sp³-hybridized carbons (Fsp3) is 0.480. The van der Waals surface area contributed by atoms with Gasteiger partial charge in [-0.25, -0.2) is 0 Å². The second-order valence-electron chi connectivity index (χ2n) is 8.46. The fourth-order valence-corrected chi connectivity index (χ4v) is 6.17. The Hall–Kier alpha value is -1.15. The molecule has 0 spiro atoms. The first-order valence-electron chi connectivity index (χ1n) is 10.6. The summed E-state index contributed by atoms with van der Waals surface area (Å²) in [6, 6.07) is 20.1. The van der Waals surface area contributed by atoms with Crippen LogP contribution in [-0.2, 0) is 12.0 Å². The van der Waals surface area contributed by atoms with E-state index in [2.05, 4.69) is 99.1 Å². The van der Waals surface area contributed by atoms with Gasteiger partial charge < -0.3 is 0 Å². The number of nitriles is 1. The molecule has 0 aliphatic heterocycles. The van der Waals surface area contributed by atoms with Crippen LogP contribution in [0.2, 0.25) is 0 Å². The first-order valence-corrected chi connectivity index (χ1v) is 12.2. The smallest absolute Gasteiger partial charge is 0.0872 e. The van der Waals surface area contributed by atoms with E-state index < -0.39 is 5.41 Å². The number of halogens is 2. The quantitative estimate of drug-likeness (QED) is 0.345. The van der Waals surface area contributed by atoms with Crippen molar-refractivity contribution in [2.24, 2.45) is 5.92 Å². The van der Waals surface area contributed by atoms with Gasteiger partial charge in [0.15, 0.2) is 0 Å². The summed E-state index contributed by atoms with van der Waals surface area (Å²) in [5.74, 6) is 0.448. The summed E-state index contributed by atoms with van der Waals surface area (Å²) in [4.78, 5) is 2.52. The van der Waals surface area contributed by atoms with Gasteiger partial charge in [0.05, 0.1) is 11.5 Å². The molecule has 0 aromatic heterocycles. The van der Waals surface area contributed by atoms with Gasteiger partial charge in [0.25, 0.3) is 0 Å². The van der Waals surface area contributed by atoms with E-state index in [9.17, 15) is 5.26 Å². The summed E-state index contributed by atoms with van der Waals surface area (Å²) < 4.78 is 2.09. The number of rotatable bonds is 9. The second-order valence-corrected chi connectivity index (χ2v) is 10.2. The Morgan fingerprint density at radius 2 is 1.72 bits per heavy atom. The van der Waals surface area contributed by atoms with E-state index in [0.29, 0.717) is 12.0 Å². The van der Waals surface area contributed by atoms with Gasteiger partial charge in [-0.05, 0) is 69.7 Å². The molecule has 0 saturated heterocycles. The molecule has 0 N–H and O–H groups in total. The van der Waals surface area contributed by atoms with Crippen LogP contribution in [-0.4, -0.2) is 17.5 Å². The minimum atomic E-state index is -0.424. The minimum Gasteiger partial charge on any atom is -0.297 e. The monoisotopic (exact) mass is 516 g/mol. The largest absolute Gasteiger partial charge is 0.297 e. The molecule has 2 nitrogen and oxygen atoms in total. The summed E-state index contributed by atoms with van der Waals surface area (Å²) in [6.07, 6.45) is 5.46. The Morgan fingerprint density at radius 1 is 1.07 bits per heavy atom. The lowest BCUT2D eigenvalue weighted by Gasteiger charge is -2.42. The van der Waals surface area contributed by atoms with Gasteiger partial charge >= 0.3 is 0 Å². The molecule has 2 aromatic rings. The minimum absolute atomic E-state index is 0.424. The molecule has 0 radical (unpaired) electrons. The summed E-state index contributed by atoms with van der Waals surface area (Å²) in [7, 11) is 0. The highest BCUT2D eigenvalue weighted by Gasteiger charge is 2.45. The highest BCUT2D eigenvalue weighted by atomic mass is 79.9. The maximum atomic E-state index is 10.4. The molecule has 4 heteroatoms. The van der Waals surface area contributed by atoms with Gasteiger partial charge in [-0.15, -0.1) is 0 Å². The average molecular weight is 518 g/mol. The number of benzene rings is 2. The van der Waals surface area contributed by atoms with Crippen LogP contribution in [0.25, 0.3) is 0 Å². The lowest BCUT2D eigenvalue weighted by Crippen LogP contribution is -2.40. The van der Waals surface area contributed by atoms with Crippen molar-refractivity contribution < 1.29 is 0 Å². The van der Waals surface area contributed by atoms with Crippen LogP contribution in [0.15, 0.2) is 57.5 Å². The van der Waals surface area contributed by atoms with Crippen molar-refractivity contribution in [3.8, 4) is 6.07 Å². The molecule has 0 amide bonds. The molecule has 1 aliphatic rings. The molecule has 1 unspecified atom stereocenters. The Bertz CT molecular complexity index is 819. The highest BCUT2D eigenvalue weighted by Crippen LogP contribution is 2.50. The molecule has 2 aromatic carbocycles. The first-order chi connectivity index (χ1) is 14.0. The zero-order valence-electron chi connectivity index (χ0n) is 17.4. The number of hydrogen-bond donors (Lipinski definition) is 0. The molecule has 29 heavy (non-hydrogen) atoms. The molecule has 0 heterocycles. The third kappa shape index (κ3) is 5.13. The van der Waals surface area contributed by atoms with E-state index in [4.69, 9.17) is 0 Å². The summed E-state index contributed by atoms with van der Waals surface area (Å²) in [6.45, 7) is 6.48. The van der Waals surface area contributed by atoms with E-state index in [1.54, 1.807) is 0 Å². The Labute approximate surface area is 192 Å². The molecular weight excluding hydrogens is 488 g/mol. The van der Waals surface area contributed by atoms with Crippen LogP contribution in [0.3, 0.4) is 0 Å². The lowest BCUT2D eigenvalue weighted by atomic mass is 9.61. The molecule has 1 fully saturated rings. The van der Waals surface area contributed by atoms with Crippen LogP contribution in [0.4, 0.5) is 0 Å². The van der Waals surface area contributed by atoms with E-state index in [1.807, 2.05) is 6.07 Å². The lowest BCUT2D eigenvalue weighted by molar-refractivity contribution is 0.169. The van der Waals surface area contributed by atoms with Crippen molar-refractivity contribution in [3.63, 3.8) is 0 Å². The van der Waals surface area contributed by atoms with Gasteiger partial charge in [0.2, 0.25) is 0 Å². The molecule has 0 bridgehead atoms. The standard InChI is InChI=1S/C25H30Br2N2/c1-19(2)29(17-20-9-4-3-5-10-20)16-8-15-25(18-28,21-11-6-12-21)24-22(26)13-7-14-23(24)27/h3-5,7,9-10,13-14,19,21H,6,8,11-12,15-17H2,1-2H3. The predicted molar refractivity (Wildman–Crippen MR) is 128 cm³/mol. The van der Waals surface area contributed by atoms with Crippen molar-refractivity contribution in [2.75, 3.05) is 6.54 Å². The highest BCUT2D eigenvalue weighted by molar-refractivity contribution is 9.11. The molecule has 1 saturated carbocycles. The SMILES string of the molecule is CC(C)N(CCCC(C#N)(c1c(Br)cccc1Br)C1CCC1)Cc1ccccc1. The number of nitrogens with zero attached hydrogens (tertiary/aromatic N) is 2. The molecule has 1 aliphatic carbocycles. The third-order valence-electron chi connectivity index (χ3n) is 6.39. The Balaban J connectivity index is 1.77. The Kier molecular flexibility index (Phi) is 7.96. The third-order valence-corrected chi connectivity index (χ3v) is 7.71. The van der Waals surface area contributed by atoms with Gasteiger partial charge in [0.1, 0.15) is 0 Å². The maximum absolute atomic E-state index is 10.4. The summed E-state index contributed by atoms with van der Waals surface area (Å²) in [5.41, 5.74) is 2.07. The van der Waals surface area contributed by atoms with E-state index in [0.717, 1.165) is 53.3 Å². The second kappa shape index (κ2) is 10.2. The summed E-state index contributed by atoms with van der Waals surface area (Å²) >= 11 is 7.48. The van der Waals surface area contributed by atoms with Gasteiger partial charge in [-0.3, -0.25) is 4.90 Å². The van der Waals surface area contributed by atoms with Gasteiger partial charge in [0, 0.05) is 27.1 Å². The molecular formula is C25H30Br2N2. The van der Waals surface area contributed by atoms with Crippen LogP contribution >= 0.6 is 31.9 Å². The van der Waals surface area contributed by atoms with Crippen molar-refractivity contribution in [3.05, 3.63) is 68.6 Å². The van der Waals surface area contributed by atoms with E-state index in [1.165, 1.54) is 12.0 Å². The van der Waals surface area contributed by atoms with Crippen molar-refractivity contribution >= 4 is 31.9 Å². The fourth-order valence-electron chi connectivity index (χ4n) is 4.46. The van der Waals surface area contributed by atoms with E-state index in [-0.39, 0.29) is 0 Å². The van der Waals surface area contributed by atoms with Crippen LogP contribution in [0.5, 0.6) is 0 Å². The zero-order valence-corrected chi connectivity index (χ0v) is 20.5.